The van der Waals surface area contributed by atoms with Crippen molar-refractivity contribution in [1.82, 2.24) is 9.88 Å². The Hall–Kier alpha value is -1.82. The van der Waals surface area contributed by atoms with Crippen molar-refractivity contribution in [2.45, 2.75) is 31.9 Å². The minimum absolute atomic E-state index is 0.367. The van der Waals surface area contributed by atoms with Crippen LogP contribution in [0.25, 0.3) is 10.9 Å². The lowest BCUT2D eigenvalue weighted by atomic mass is 10.1. The van der Waals surface area contributed by atoms with E-state index in [1.54, 1.807) is 18.2 Å². The van der Waals surface area contributed by atoms with Gasteiger partial charge in [-0.05, 0) is 51.0 Å². The molecule has 0 spiro atoms. The van der Waals surface area contributed by atoms with E-state index in [4.69, 9.17) is 0 Å². The number of para-hydroxylation sites is 1. The van der Waals surface area contributed by atoms with Gasteiger partial charge in [0.05, 0.1) is 5.52 Å². The number of piperidine rings is 1. The normalized spacial score (nSPS) is 16.5. The zero-order valence-electron chi connectivity index (χ0n) is 13.6. The van der Waals surface area contributed by atoms with Gasteiger partial charge >= 0.3 is 6.18 Å². The Morgan fingerprint density at radius 2 is 1.83 bits per heavy atom. The maximum atomic E-state index is 13.0. The van der Waals surface area contributed by atoms with Crippen LogP contribution in [-0.4, -0.2) is 36.1 Å². The van der Waals surface area contributed by atoms with Crippen molar-refractivity contribution in [3.05, 3.63) is 36.0 Å². The number of nitrogens with one attached hydrogen (secondary N) is 1. The Kier molecular flexibility index (Phi) is 5.23. The summed E-state index contributed by atoms with van der Waals surface area (Å²) in [5.74, 6) is 0. The molecule has 24 heavy (non-hydrogen) atoms. The maximum absolute atomic E-state index is 13.0. The van der Waals surface area contributed by atoms with Gasteiger partial charge in [0.1, 0.15) is 5.69 Å². The highest BCUT2D eigenvalue weighted by Crippen LogP contribution is 2.32. The molecule has 0 radical (unpaired) electrons. The lowest BCUT2D eigenvalue weighted by Crippen LogP contribution is -2.31. The van der Waals surface area contributed by atoms with Crippen molar-refractivity contribution >= 4 is 16.6 Å². The van der Waals surface area contributed by atoms with Crippen molar-refractivity contribution in [3.63, 3.8) is 0 Å². The SMILES string of the molecule is FC(F)(F)c1cc(NCCCN2CCCCC2)c2ccccc2n1. The van der Waals surface area contributed by atoms with Crippen LogP contribution in [0.1, 0.15) is 31.4 Å². The Morgan fingerprint density at radius 1 is 1.08 bits per heavy atom. The minimum atomic E-state index is -4.44. The smallest absolute Gasteiger partial charge is 0.384 e. The molecular weight excluding hydrogens is 315 g/mol. The van der Waals surface area contributed by atoms with E-state index < -0.39 is 11.9 Å². The highest BCUT2D eigenvalue weighted by molar-refractivity contribution is 5.91. The molecule has 0 amide bonds. The maximum Gasteiger partial charge on any atom is 0.433 e. The molecule has 3 rings (SSSR count). The molecular formula is C18H22F3N3. The summed E-state index contributed by atoms with van der Waals surface area (Å²) in [5, 5.41) is 3.90. The molecule has 2 heterocycles. The summed E-state index contributed by atoms with van der Waals surface area (Å²) in [6, 6.07) is 8.05. The largest absolute Gasteiger partial charge is 0.433 e. The fraction of sp³-hybridized carbons (Fsp3) is 0.500. The van der Waals surface area contributed by atoms with Gasteiger partial charge in [0.2, 0.25) is 0 Å². The summed E-state index contributed by atoms with van der Waals surface area (Å²) < 4.78 is 39.1. The Morgan fingerprint density at radius 3 is 2.58 bits per heavy atom. The van der Waals surface area contributed by atoms with E-state index in [1.165, 1.54) is 19.3 Å². The van der Waals surface area contributed by atoms with Crippen LogP contribution in [0.3, 0.4) is 0 Å². The first-order valence-corrected chi connectivity index (χ1v) is 8.47. The van der Waals surface area contributed by atoms with Crippen LogP contribution in [0.4, 0.5) is 18.9 Å². The Balaban J connectivity index is 1.68. The highest BCUT2D eigenvalue weighted by Gasteiger charge is 2.33. The number of aromatic nitrogens is 1. The molecule has 0 bridgehead atoms. The summed E-state index contributed by atoms with van der Waals surface area (Å²) in [6.45, 7) is 3.91. The summed E-state index contributed by atoms with van der Waals surface area (Å²) in [6.07, 6.45) is 0.277. The second kappa shape index (κ2) is 7.38. The zero-order valence-corrected chi connectivity index (χ0v) is 13.6. The second-order valence-corrected chi connectivity index (χ2v) is 6.25. The Bertz CT molecular complexity index is 679. The summed E-state index contributed by atoms with van der Waals surface area (Å²) >= 11 is 0. The first kappa shape index (κ1) is 17.0. The second-order valence-electron chi connectivity index (χ2n) is 6.25. The van der Waals surface area contributed by atoms with Gasteiger partial charge in [0.25, 0.3) is 0 Å². The minimum Gasteiger partial charge on any atom is -0.384 e. The zero-order chi connectivity index (χ0) is 17.0. The average Bonchev–Trinajstić information content (AvgIpc) is 2.58. The van der Waals surface area contributed by atoms with E-state index >= 15 is 0 Å². The average molecular weight is 337 g/mol. The number of hydrogen-bond acceptors (Lipinski definition) is 3. The first-order valence-electron chi connectivity index (χ1n) is 8.47. The molecule has 1 aliphatic rings. The van der Waals surface area contributed by atoms with Gasteiger partial charge in [0, 0.05) is 17.6 Å². The first-order chi connectivity index (χ1) is 11.5. The number of benzene rings is 1. The van der Waals surface area contributed by atoms with E-state index in [-0.39, 0.29) is 0 Å². The van der Waals surface area contributed by atoms with E-state index in [2.05, 4.69) is 15.2 Å². The van der Waals surface area contributed by atoms with Crippen LogP contribution in [0.2, 0.25) is 0 Å². The van der Waals surface area contributed by atoms with Gasteiger partial charge in [-0.25, -0.2) is 4.98 Å². The number of rotatable bonds is 5. The van der Waals surface area contributed by atoms with Crippen LogP contribution >= 0.6 is 0 Å². The summed E-state index contributed by atoms with van der Waals surface area (Å²) in [5.41, 5.74) is 0.0251. The van der Waals surface area contributed by atoms with Crippen LogP contribution in [0.5, 0.6) is 0 Å². The number of pyridine rings is 1. The summed E-state index contributed by atoms with van der Waals surface area (Å²) in [7, 11) is 0. The van der Waals surface area contributed by atoms with Crippen molar-refractivity contribution in [1.29, 1.82) is 0 Å². The molecule has 130 valence electrons. The van der Waals surface area contributed by atoms with Gasteiger partial charge in [-0.15, -0.1) is 0 Å². The molecule has 1 saturated heterocycles. The molecule has 1 N–H and O–H groups in total. The summed E-state index contributed by atoms with van der Waals surface area (Å²) in [4.78, 5) is 6.16. The van der Waals surface area contributed by atoms with E-state index in [0.717, 1.165) is 37.5 Å². The Labute approximate surface area is 139 Å². The molecule has 0 unspecified atom stereocenters. The van der Waals surface area contributed by atoms with E-state index in [9.17, 15) is 13.2 Å². The van der Waals surface area contributed by atoms with Crippen LogP contribution in [-0.2, 0) is 6.18 Å². The van der Waals surface area contributed by atoms with Crippen molar-refractivity contribution < 1.29 is 13.2 Å². The molecule has 1 aromatic carbocycles. The molecule has 1 aromatic heterocycles. The lowest BCUT2D eigenvalue weighted by molar-refractivity contribution is -0.140. The third kappa shape index (κ3) is 4.17. The van der Waals surface area contributed by atoms with Crippen molar-refractivity contribution in [2.75, 3.05) is 31.5 Å². The molecule has 1 aliphatic heterocycles. The van der Waals surface area contributed by atoms with Crippen LogP contribution in [0.15, 0.2) is 30.3 Å². The molecule has 2 aromatic rings. The quantitative estimate of drug-likeness (QED) is 0.812. The van der Waals surface area contributed by atoms with Crippen LogP contribution in [0, 0.1) is 0 Å². The lowest BCUT2D eigenvalue weighted by Gasteiger charge is -2.26. The van der Waals surface area contributed by atoms with Crippen LogP contribution < -0.4 is 5.32 Å². The molecule has 0 aliphatic carbocycles. The number of alkyl halides is 3. The third-order valence-electron chi connectivity index (χ3n) is 4.42. The molecule has 1 fully saturated rings. The topological polar surface area (TPSA) is 28.2 Å². The highest BCUT2D eigenvalue weighted by atomic mass is 19.4. The van der Waals surface area contributed by atoms with Gasteiger partial charge in [-0.2, -0.15) is 13.2 Å². The van der Waals surface area contributed by atoms with Crippen molar-refractivity contribution in [2.24, 2.45) is 0 Å². The number of halogens is 3. The van der Waals surface area contributed by atoms with Gasteiger partial charge in [-0.3, -0.25) is 0 Å². The predicted octanol–water partition coefficient (Wildman–Crippen LogP) is 4.54. The number of hydrogen-bond donors (Lipinski definition) is 1. The third-order valence-corrected chi connectivity index (χ3v) is 4.42. The van der Waals surface area contributed by atoms with Crippen molar-refractivity contribution in [3.8, 4) is 0 Å². The van der Waals surface area contributed by atoms with Gasteiger partial charge in [-0.1, -0.05) is 24.6 Å². The van der Waals surface area contributed by atoms with Gasteiger partial charge < -0.3 is 10.2 Å². The molecule has 3 nitrogen and oxygen atoms in total. The van der Waals surface area contributed by atoms with E-state index in [0.29, 0.717) is 17.7 Å². The number of fused-ring (bicyclic) bond motifs is 1. The van der Waals surface area contributed by atoms with E-state index in [1.807, 2.05) is 6.07 Å². The predicted molar refractivity (Wildman–Crippen MR) is 90.1 cm³/mol. The van der Waals surface area contributed by atoms with Gasteiger partial charge in [0.15, 0.2) is 0 Å². The standard InChI is InChI=1S/C18H22F3N3/c19-18(20,21)17-13-16(14-7-2-3-8-15(14)23-17)22-9-6-12-24-10-4-1-5-11-24/h2-3,7-8,13H,1,4-6,9-12H2,(H,22,23). The molecule has 0 atom stereocenters. The number of nitrogens with zero attached hydrogens (tertiary/aromatic N) is 2. The molecule has 0 saturated carbocycles. The molecule has 6 heteroatoms. The fourth-order valence-electron chi connectivity index (χ4n) is 3.18. The number of anilines is 1. The number of likely N-dealkylation sites (tertiary alicyclic amines) is 1. The fourth-order valence-corrected chi connectivity index (χ4v) is 3.18. The monoisotopic (exact) mass is 337 g/mol.